The molecule has 8 nitrogen and oxygen atoms in total. The zero-order valence-corrected chi connectivity index (χ0v) is 17.9. The van der Waals surface area contributed by atoms with E-state index in [4.69, 9.17) is 4.74 Å². The van der Waals surface area contributed by atoms with Crippen molar-refractivity contribution in [1.29, 1.82) is 0 Å². The maximum atomic E-state index is 12.7. The molecule has 0 radical (unpaired) electrons. The smallest absolute Gasteiger partial charge is 0.255 e. The van der Waals surface area contributed by atoms with E-state index in [1.54, 1.807) is 35.4 Å². The minimum atomic E-state index is -0.366. The second-order valence-electron chi connectivity index (χ2n) is 7.45. The molecule has 1 aliphatic rings. The van der Waals surface area contributed by atoms with Crippen LogP contribution in [0.15, 0.2) is 42.6 Å². The van der Waals surface area contributed by atoms with Gasteiger partial charge in [0.1, 0.15) is 11.6 Å². The van der Waals surface area contributed by atoms with E-state index in [9.17, 15) is 14.4 Å². The minimum absolute atomic E-state index is 0.132. The number of amides is 3. The molecule has 1 aromatic carbocycles. The lowest BCUT2D eigenvalue weighted by Gasteiger charge is -2.32. The third-order valence-corrected chi connectivity index (χ3v) is 5.23. The van der Waals surface area contributed by atoms with E-state index < -0.39 is 0 Å². The Bertz CT molecular complexity index is 947. The molecule has 1 fully saturated rings. The highest BCUT2D eigenvalue weighted by Gasteiger charge is 2.29. The van der Waals surface area contributed by atoms with Crippen LogP contribution in [0.5, 0.6) is 5.75 Å². The Labute approximate surface area is 182 Å². The van der Waals surface area contributed by atoms with E-state index >= 15 is 0 Å². The van der Waals surface area contributed by atoms with Crippen LogP contribution in [0.4, 0.5) is 5.82 Å². The fourth-order valence-corrected chi connectivity index (χ4v) is 3.55. The number of nitrogens with one attached hydrogen (secondary N) is 2. The molecule has 0 spiro atoms. The molecule has 3 amide bonds. The Morgan fingerprint density at radius 3 is 2.77 bits per heavy atom. The summed E-state index contributed by atoms with van der Waals surface area (Å²) in [5.74, 6) is -0.0174. The van der Waals surface area contributed by atoms with Crippen LogP contribution in [0, 0.1) is 12.8 Å². The van der Waals surface area contributed by atoms with Crippen molar-refractivity contribution in [2.75, 3.05) is 31.6 Å². The Balaban J connectivity index is 1.54. The molecule has 8 heteroatoms. The number of para-hydroxylation sites is 1. The number of carbonyl (C=O) groups is 3. The highest BCUT2D eigenvalue weighted by Crippen LogP contribution is 2.20. The Morgan fingerprint density at radius 1 is 1.19 bits per heavy atom. The van der Waals surface area contributed by atoms with Crippen LogP contribution in [-0.4, -0.2) is 53.8 Å². The SMILES string of the molecule is CCOc1ccccc1C(=O)NCC(=O)N1CCCC(C(=O)Nc2ncccc2C)C1. The van der Waals surface area contributed by atoms with Gasteiger partial charge in [0, 0.05) is 19.3 Å². The number of nitrogens with zero attached hydrogens (tertiary/aromatic N) is 2. The number of likely N-dealkylation sites (tertiary alicyclic amines) is 1. The Morgan fingerprint density at radius 2 is 2.00 bits per heavy atom. The number of anilines is 1. The second-order valence-corrected chi connectivity index (χ2v) is 7.45. The lowest BCUT2D eigenvalue weighted by molar-refractivity contribution is -0.133. The quantitative estimate of drug-likeness (QED) is 0.711. The number of aryl methyl sites for hydroxylation is 1. The molecule has 1 aromatic heterocycles. The third-order valence-electron chi connectivity index (χ3n) is 5.23. The molecule has 1 unspecified atom stereocenters. The number of hydrogen-bond acceptors (Lipinski definition) is 5. The predicted molar refractivity (Wildman–Crippen MR) is 117 cm³/mol. The summed E-state index contributed by atoms with van der Waals surface area (Å²) in [4.78, 5) is 43.7. The van der Waals surface area contributed by atoms with Crippen molar-refractivity contribution in [1.82, 2.24) is 15.2 Å². The summed E-state index contributed by atoms with van der Waals surface area (Å²) < 4.78 is 5.47. The third kappa shape index (κ3) is 5.81. The molecule has 2 N–H and O–H groups in total. The van der Waals surface area contributed by atoms with Crippen LogP contribution >= 0.6 is 0 Å². The number of benzene rings is 1. The summed E-state index contributed by atoms with van der Waals surface area (Å²) in [6.07, 6.45) is 3.06. The zero-order valence-electron chi connectivity index (χ0n) is 17.9. The number of piperidine rings is 1. The average molecular weight is 425 g/mol. The van der Waals surface area contributed by atoms with Gasteiger partial charge in [-0.3, -0.25) is 14.4 Å². The molecule has 1 atom stereocenters. The highest BCUT2D eigenvalue weighted by atomic mass is 16.5. The van der Waals surface area contributed by atoms with Gasteiger partial charge in [-0.15, -0.1) is 0 Å². The fourth-order valence-electron chi connectivity index (χ4n) is 3.55. The van der Waals surface area contributed by atoms with Crippen molar-refractivity contribution >= 4 is 23.5 Å². The van der Waals surface area contributed by atoms with Crippen LogP contribution in [0.3, 0.4) is 0 Å². The minimum Gasteiger partial charge on any atom is -0.493 e. The van der Waals surface area contributed by atoms with E-state index in [1.165, 1.54) is 0 Å². The topological polar surface area (TPSA) is 101 Å². The number of rotatable bonds is 7. The molecule has 2 aromatic rings. The van der Waals surface area contributed by atoms with Gasteiger partial charge < -0.3 is 20.3 Å². The van der Waals surface area contributed by atoms with Gasteiger partial charge in [0.2, 0.25) is 11.8 Å². The normalized spacial score (nSPS) is 15.8. The van der Waals surface area contributed by atoms with Crippen LogP contribution in [0.2, 0.25) is 0 Å². The first-order valence-corrected chi connectivity index (χ1v) is 10.5. The summed E-state index contributed by atoms with van der Waals surface area (Å²) in [6, 6.07) is 10.6. The standard InChI is InChI=1S/C23H28N4O4/c1-3-31-19-11-5-4-10-18(19)23(30)25-14-20(28)27-13-7-9-17(15-27)22(29)26-21-16(2)8-6-12-24-21/h4-6,8,10-12,17H,3,7,9,13-15H2,1-2H3,(H,25,30)(H,24,26,29). The number of pyridine rings is 1. The van der Waals surface area contributed by atoms with Crippen LogP contribution < -0.4 is 15.4 Å². The van der Waals surface area contributed by atoms with Crippen molar-refractivity contribution < 1.29 is 19.1 Å². The van der Waals surface area contributed by atoms with Crippen LogP contribution in [0.25, 0.3) is 0 Å². The highest BCUT2D eigenvalue weighted by molar-refractivity contribution is 5.99. The summed E-state index contributed by atoms with van der Waals surface area (Å²) in [5.41, 5.74) is 1.27. The first-order valence-electron chi connectivity index (χ1n) is 10.5. The molecular weight excluding hydrogens is 396 g/mol. The van der Waals surface area contributed by atoms with Gasteiger partial charge in [-0.25, -0.2) is 4.98 Å². The molecule has 0 saturated carbocycles. The van der Waals surface area contributed by atoms with Crippen LogP contribution in [-0.2, 0) is 9.59 Å². The molecule has 1 saturated heterocycles. The molecule has 0 aliphatic carbocycles. The molecule has 164 valence electrons. The lowest BCUT2D eigenvalue weighted by Crippen LogP contribution is -2.47. The molecule has 2 heterocycles. The van der Waals surface area contributed by atoms with Crippen molar-refractivity contribution in [2.45, 2.75) is 26.7 Å². The Kier molecular flexibility index (Phi) is 7.59. The van der Waals surface area contributed by atoms with Gasteiger partial charge in [-0.1, -0.05) is 18.2 Å². The first kappa shape index (κ1) is 22.3. The van der Waals surface area contributed by atoms with Crippen molar-refractivity contribution in [3.8, 4) is 5.75 Å². The fraction of sp³-hybridized carbons (Fsp3) is 0.391. The van der Waals surface area contributed by atoms with Gasteiger partial charge in [0.25, 0.3) is 5.91 Å². The summed E-state index contributed by atoms with van der Waals surface area (Å²) in [7, 11) is 0. The summed E-state index contributed by atoms with van der Waals surface area (Å²) >= 11 is 0. The van der Waals surface area contributed by atoms with Crippen molar-refractivity contribution in [2.24, 2.45) is 5.92 Å². The summed E-state index contributed by atoms with van der Waals surface area (Å²) in [5, 5.41) is 5.52. The Hall–Kier alpha value is -3.42. The van der Waals surface area contributed by atoms with E-state index in [0.29, 0.717) is 43.2 Å². The molecular formula is C23H28N4O4. The van der Waals surface area contributed by atoms with Gasteiger partial charge in [-0.2, -0.15) is 0 Å². The second kappa shape index (κ2) is 10.6. The van der Waals surface area contributed by atoms with Gasteiger partial charge in [-0.05, 0) is 50.5 Å². The van der Waals surface area contributed by atoms with E-state index in [2.05, 4.69) is 15.6 Å². The number of aromatic nitrogens is 1. The largest absolute Gasteiger partial charge is 0.493 e. The van der Waals surface area contributed by atoms with E-state index in [0.717, 1.165) is 12.0 Å². The lowest BCUT2D eigenvalue weighted by atomic mass is 9.97. The molecule has 3 rings (SSSR count). The maximum Gasteiger partial charge on any atom is 0.255 e. The monoisotopic (exact) mass is 424 g/mol. The predicted octanol–water partition coefficient (Wildman–Crippen LogP) is 2.40. The maximum absolute atomic E-state index is 12.7. The van der Waals surface area contributed by atoms with Crippen molar-refractivity contribution in [3.63, 3.8) is 0 Å². The summed E-state index contributed by atoms with van der Waals surface area (Å²) in [6.45, 7) is 4.92. The number of carbonyl (C=O) groups excluding carboxylic acids is 3. The molecule has 31 heavy (non-hydrogen) atoms. The molecule has 0 bridgehead atoms. The zero-order chi connectivity index (χ0) is 22.2. The first-order chi connectivity index (χ1) is 15.0. The molecule has 1 aliphatic heterocycles. The van der Waals surface area contributed by atoms with Crippen LogP contribution in [0.1, 0.15) is 35.7 Å². The number of hydrogen-bond donors (Lipinski definition) is 2. The van der Waals surface area contributed by atoms with Gasteiger partial charge >= 0.3 is 0 Å². The van der Waals surface area contributed by atoms with Crippen molar-refractivity contribution in [3.05, 3.63) is 53.7 Å². The number of ether oxygens (including phenoxy) is 1. The van der Waals surface area contributed by atoms with Gasteiger partial charge in [0.15, 0.2) is 0 Å². The van der Waals surface area contributed by atoms with E-state index in [-0.39, 0.29) is 30.2 Å². The average Bonchev–Trinajstić information content (AvgIpc) is 2.79. The van der Waals surface area contributed by atoms with E-state index in [1.807, 2.05) is 26.0 Å². The van der Waals surface area contributed by atoms with Gasteiger partial charge in [0.05, 0.1) is 24.6 Å².